The number of aromatic carboxylic acids is 2. The van der Waals surface area contributed by atoms with E-state index < -0.39 is 11.9 Å². The van der Waals surface area contributed by atoms with Crippen LogP contribution in [0.2, 0.25) is 10.6 Å². The van der Waals surface area contributed by atoms with Gasteiger partial charge in [0.1, 0.15) is 0 Å². The van der Waals surface area contributed by atoms with Crippen molar-refractivity contribution >= 4 is 11.9 Å². The molecule has 0 saturated heterocycles. The van der Waals surface area contributed by atoms with Crippen LogP contribution in [0.4, 0.5) is 0 Å². The minimum absolute atomic E-state index is 0.363. The molecular formula is C16H22Cu2O4. The molecule has 0 saturated carbocycles. The SMILES string of the molecule is CCC[CH2][Cu+].CCC[CH2][Cu+].O=C([O-])c1ccccc1C(=O)[O-]. The second kappa shape index (κ2) is 16.6. The summed E-state index contributed by atoms with van der Waals surface area (Å²) >= 11 is 9.55. The molecule has 1 rings (SSSR count). The van der Waals surface area contributed by atoms with Gasteiger partial charge in [-0.2, -0.15) is 0 Å². The molecular weight excluding hydrogens is 383 g/mol. The van der Waals surface area contributed by atoms with E-state index in [0.717, 1.165) is 22.8 Å². The zero-order valence-electron chi connectivity index (χ0n) is 12.8. The molecule has 0 atom stereocenters. The van der Waals surface area contributed by atoms with E-state index in [4.69, 9.17) is 32.0 Å². The van der Waals surface area contributed by atoms with Crippen LogP contribution in [-0.4, -0.2) is 11.9 Å². The van der Waals surface area contributed by atoms with Gasteiger partial charge < -0.3 is 19.8 Å². The van der Waals surface area contributed by atoms with Crippen LogP contribution in [0.5, 0.6) is 0 Å². The molecule has 0 unspecified atom stereocenters. The quantitative estimate of drug-likeness (QED) is 0.678. The first-order valence-corrected chi connectivity index (χ1v) is 8.32. The zero-order chi connectivity index (χ0) is 17.4. The number of carbonyl (C=O) groups is 2. The fourth-order valence-electron chi connectivity index (χ4n) is 1.05. The Bertz CT molecular complexity index is 379. The Kier molecular flexibility index (Phi) is 17.7. The van der Waals surface area contributed by atoms with E-state index in [9.17, 15) is 19.8 Å². The molecule has 132 valence electrons. The molecule has 0 spiro atoms. The molecule has 0 aliphatic carbocycles. The van der Waals surface area contributed by atoms with Crippen LogP contribution in [0.15, 0.2) is 24.3 Å². The van der Waals surface area contributed by atoms with Gasteiger partial charge in [-0.3, -0.25) is 0 Å². The monoisotopic (exact) mass is 404 g/mol. The predicted molar refractivity (Wildman–Crippen MR) is 74.5 cm³/mol. The van der Waals surface area contributed by atoms with Gasteiger partial charge in [0.2, 0.25) is 0 Å². The fourth-order valence-corrected chi connectivity index (χ4v) is 1.72. The van der Waals surface area contributed by atoms with E-state index in [0.29, 0.717) is 0 Å². The summed E-state index contributed by atoms with van der Waals surface area (Å²) in [7, 11) is 0. The topological polar surface area (TPSA) is 80.3 Å². The normalized spacial score (nSPS) is 9.00. The molecule has 0 aromatic heterocycles. The largest absolute Gasteiger partial charge is 0.545 e. The third-order valence-electron chi connectivity index (χ3n) is 2.29. The number of carboxylic acids is 2. The predicted octanol–water partition coefficient (Wildman–Crippen LogP) is 1.92. The third kappa shape index (κ3) is 12.9. The van der Waals surface area contributed by atoms with Crippen molar-refractivity contribution in [3.63, 3.8) is 0 Å². The summed E-state index contributed by atoms with van der Waals surface area (Å²) in [5.41, 5.74) is -0.727. The first-order valence-electron chi connectivity index (χ1n) is 6.98. The maximum Gasteiger partial charge on any atom is 0.0721 e. The minimum Gasteiger partial charge on any atom is -0.545 e. The van der Waals surface area contributed by atoms with Crippen molar-refractivity contribution in [2.45, 2.75) is 50.2 Å². The van der Waals surface area contributed by atoms with Crippen LogP contribution in [0, 0.1) is 0 Å². The van der Waals surface area contributed by atoms with Gasteiger partial charge in [0, 0.05) is 11.1 Å². The molecule has 6 heteroatoms. The van der Waals surface area contributed by atoms with Crippen LogP contribution in [0.3, 0.4) is 0 Å². The smallest absolute Gasteiger partial charge is 0.0721 e. The van der Waals surface area contributed by atoms with E-state index in [1.807, 2.05) is 0 Å². The van der Waals surface area contributed by atoms with E-state index in [-0.39, 0.29) is 11.1 Å². The van der Waals surface area contributed by atoms with Gasteiger partial charge in [0.15, 0.2) is 0 Å². The number of hydrogen-bond acceptors (Lipinski definition) is 4. The van der Waals surface area contributed by atoms with E-state index in [1.54, 1.807) is 0 Å². The van der Waals surface area contributed by atoms with E-state index in [2.05, 4.69) is 13.8 Å². The van der Waals surface area contributed by atoms with Crippen LogP contribution in [-0.2, 0) is 32.0 Å². The third-order valence-corrected chi connectivity index (χ3v) is 2.95. The Morgan fingerprint density at radius 2 is 1.18 bits per heavy atom. The molecule has 0 amide bonds. The fraction of sp³-hybridized carbons (Fsp3) is 0.500. The van der Waals surface area contributed by atoms with Gasteiger partial charge >= 0.3 is 82.2 Å². The maximum absolute atomic E-state index is 10.3. The Morgan fingerprint density at radius 1 is 0.864 bits per heavy atom. The Labute approximate surface area is 149 Å². The summed E-state index contributed by atoms with van der Waals surface area (Å²) in [6, 6.07) is 5.14. The molecule has 0 fully saturated rings. The average molecular weight is 405 g/mol. The van der Waals surface area contributed by atoms with Crippen molar-refractivity contribution in [1.29, 1.82) is 0 Å². The van der Waals surface area contributed by atoms with Gasteiger partial charge in [-0.1, -0.05) is 24.3 Å². The summed E-state index contributed by atoms with van der Waals surface area (Å²) in [5.74, 6) is -3.04. The van der Waals surface area contributed by atoms with Gasteiger partial charge in [-0.15, -0.1) is 0 Å². The number of carbonyl (C=O) groups excluding carboxylic acids is 2. The van der Waals surface area contributed by atoms with E-state index >= 15 is 0 Å². The molecule has 1 aromatic carbocycles. The summed E-state index contributed by atoms with van der Waals surface area (Å²) < 4.78 is 0. The van der Waals surface area contributed by atoms with Gasteiger partial charge in [-0.25, -0.2) is 0 Å². The first kappa shape index (κ1) is 23.5. The van der Waals surface area contributed by atoms with Crippen molar-refractivity contribution in [3.05, 3.63) is 35.4 Å². The van der Waals surface area contributed by atoms with Gasteiger partial charge in [0.25, 0.3) is 0 Å². The summed E-state index contributed by atoms with van der Waals surface area (Å²) in [5, 5.41) is 22.5. The molecule has 0 radical (unpaired) electrons. The summed E-state index contributed by atoms with van der Waals surface area (Å²) in [4.78, 5) is 20.6. The van der Waals surface area contributed by atoms with Crippen LogP contribution >= 0.6 is 0 Å². The second-order valence-electron chi connectivity index (χ2n) is 4.13. The van der Waals surface area contributed by atoms with Crippen molar-refractivity contribution in [1.82, 2.24) is 0 Å². The summed E-state index contributed by atoms with van der Waals surface area (Å²) in [6.45, 7) is 4.28. The number of hydrogen-bond donors (Lipinski definition) is 0. The van der Waals surface area contributed by atoms with Crippen molar-refractivity contribution in [3.8, 4) is 0 Å². The zero-order valence-corrected chi connectivity index (χ0v) is 14.7. The van der Waals surface area contributed by atoms with Crippen molar-refractivity contribution < 1.29 is 51.8 Å². The van der Waals surface area contributed by atoms with E-state index in [1.165, 1.54) is 37.8 Å². The Morgan fingerprint density at radius 3 is 1.32 bits per heavy atom. The average Bonchev–Trinajstić information content (AvgIpc) is 2.50. The number of carboxylic acid groups (broad SMARTS) is 2. The molecule has 4 nitrogen and oxygen atoms in total. The molecule has 0 bridgehead atoms. The van der Waals surface area contributed by atoms with Gasteiger partial charge in [0.05, 0.1) is 11.9 Å². The first-order chi connectivity index (χ1) is 10.5. The van der Waals surface area contributed by atoms with Crippen LogP contribution in [0.25, 0.3) is 0 Å². The van der Waals surface area contributed by atoms with Gasteiger partial charge in [-0.05, 0) is 0 Å². The summed E-state index contributed by atoms with van der Waals surface area (Å²) in [6.07, 6.45) is 4.86. The maximum atomic E-state index is 10.3. The Hall–Kier alpha value is -0.801. The second-order valence-corrected chi connectivity index (χ2v) is 5.07. The Balaban J connectivity index is 0. The minimum atomic E-state index is -1.52. The number of unbranched alkanes of at least 4 members (excludes halogenated alkanes) is 2. The molecule has 0 aliphatic rings. The van der Waals surface area contributed by atoms with Crippen LogP contribution in [0.1, 0.15) is 60.2 Å². The standard InChI is InChI=1S/C8H6O4.2C4H9.2Cu/c9-7(10)5-3-1-2-4-6(5)8(11)12;2*1-3-4-2;;/h1-4H,(H,9,10)(H,11,12);2*1,3-4H2,2H3;;/q;;;2*+1/p-2. The number of benzene rings is 1. The van der Waals surface area contributed by atoms with Crippen molar-refractivity contribution in [2.75, 3.05) is 0 Å². The number of rotatable bonds is 6. The molecule has 1 aromatic rings. The van der Waals surface area contributed by atoms with Crippen molar-refractivity contribution in [2.24, 2.45) is 0 Å². The van der Waals surface area contributed by atoms with Crippen LogP contribution < -0.4 is 10.2 Å². The molecule has 0 heterocycles. The molecule has 22 heavy (non-hydrogen) atoms. The molecule has 0 aliphatic heterocycles. The molecule has 0 N–H and O–H groups in total.